The van der Waals surface area contributed by atoms with Gasteiger partial charge in [-0.15, -0.1) is 0 Å². The number of hydrogen-bond donors (Lipinski definition) is 1. The molecule has 0 aliphatic carbocycles. The Bertz CT molecular complexity index is 330. The van der Waals surface area contributed by atoms with Gasteiger partial charge >= 0.3 is 0 Å². The Kier molecular flexibility index (Phi) is 4.35. The second-order valence-corrected chi connectivity index (χ2v) is 4.35. The Balaban J connectivity index is 3.02. The molecule has 1 aromatic rings. The lowest BCUT2D eigenvalue weighted by atomic mass is 10.1. The van der Waals surface area contributed by atoms with Crippen LogP contribution in [0.25, 0.3) is 0 Å². The first-order valence-electron chi connectivity index (χ1n) is 4.38. The van der Waals surface area contributed by atoms with Gasteiger partial charge in [-0.05, 0) is 34.5 Å². The molecule has 78 valence electrons. The van der Waals surface area contributed by atoms with Crippen LogP contribution in [0.5, 0.6) is 0 Å². The summed E-state index contributed by atoms with van der Waals surface area (Å²) in [6.45, 7) is 1.93. The normalized spacial score (nSPS) is 12.9. The zero-order valence-corrected chi connectivity index (χ0v) is 10.1. The summed E-state index contributed by atoms with van der Waals surface area (Å²) < 4.78 is 13.9. The molecule has 0 saturated carbocycles. The SMILES string of the molecule is CCCC(O)c1cc(Cl)c(Br)cc1F. The van der Waals surface area contributed by atoms with Gasteiger partial charge in [-0.25, -0.2) is 4.39 Å². The topological polar surface area (TPSA) is 20.2 Å². The number of rotatable bonds is 3. The summed E-state index contributed by atoms with van der Waals surface area (Å²) in [5.74, 6) is -0.428. The van der Waals surface area contributed by atoms with E-state index in [-0.39, 0.29) is 5.56 Å². The van der Waals surface area contributed by atoms with Crippen LogP contribution < -0.4 is 0 Å². The number of hydrogen-bond acceptors (Lipinski definition) is 1. The number of halogens is 3. The minimum absolute atomic E-state index is 0.264. The third-order valence-electron chi connectivity index (χ3n) is 1.96. The lowest BCUT2D eigenvalue weighted by Gasteiger charge is -2.11. The van der Waals surface area contributed by atoms with Crippen LogP contribution in [0, 0.1) is 5.82 Å². The molecule has 1 unspecified atom stereocenters. The quantitative estimate of drug-likeness (QED) is 0.828. The number of aliphatic hydroxyl groups is 1. The van der Waals surface area contributed by atoms with E-state index in [2.05, 4.69) is 15.9 Å². The maximum Gasteiger partial charge on any atom is 0.130 e. The van der Waals surface area contributed by atoms with E-state index in [9.17, 15) is 9.50 Å². The van der Waals surface area contributed by atoms with Crippen LogP contribution in [0.1, 0.15) is 31.4 Å². The van der Waals surface area contributed by atoms with Gasteiger partial charge in [0.1, 0.15) is 5.82 Å². The van der Waals surface area contributed by atoms with Crippen molar-refractivity contribution in [3.8, 4) is 0 Å². The second kappa shape index (κ2) is 5.10. The zero-order valence-electron chi connectivity index (χ0n) is 7.73. The van der Waals surface area contributed by atoms with Crippen molar-refractivity contribution in [3.05, 3.63) is 33.0 Å². The van der Waals surface area contributed by atoms with Gasteiger partial charge in [-0.1, -0.05) is 24.9 Å². The van der Waals surface area contributed by atoms with E-state index in [0.29, 0.717) is 15.9 Å². The smallest absolute Gasteiger partial charge is 0.130 e. The Morgan fingerprint density at radius 2 is 2.21 bits per heavy atom. The zero-order chi connectivity index (χ0) is 10.7. The summed E-state index contributed by atoms with van der Waals surface area (Å²) in [6.07, 6.45) is 0.564. The van der Waals surface area contributed by atoms with Crippen LogP contribution in [0.4, 0.5) is 4.39 Å². The summed E-state index contributed by atoms with van der Waals surface area (Å²) in [6, 6.07) is 2.73. The summed E-state index contributed by atoms with van der Waals surface area (Å²) in [4.78, 5) is 0. The van der Waals surface area contributed by atoms with Crippen molar-refractivity contribution in [1.29, 1.82) is 0 Å². The summed E-state index contributed by atoms with van der Waals surface area (Å²) in [5.41, 5.74) is 0.264. The minimum atomic E-state index is -0.773. The van der Waals surface area contributed by atoms with Crippen LogP contribution in [-0.2, 0) is 0 Å². The molecular weight excluding hydrogens is 270 g/mol. The summed E-state index contributed by atoms with van der Waals surface area (Å²) >= 11 is 8.92. The third kappa shape index (κ3) is 2.69. The maximum atomic E-state index is 13.4. The predicted octanol–water partition coefficient (Wildman–Crippen LogP) is 4.08. The molecule has 0 saturated heterocycles. The van der Waals surface area contributed by atoms with Crippen molar-refractivity contribution in [3.63, 3.8) is 0 Å². The van der Waals surface area contributed by atoms with Crippen LogP contribution in [0.3, 0.4) is 0 Å². The molecule has 0 radical (unpaired) electrons. The van der Waals surface area contributed by atoms with Gasteiger partial charge < -0.3 is 5.11 Å². The molecule has 0 aliphatic heterocycles. The summed E-state index contributed by atoms with van der Waals surface area (Å²) in [7, 11) is 0. The molecule has 0 fully saturated rings. The highest BCUT2D eigenvalue weighted by Crippen LogP contribution is 2.30. The molecule has 0 aliphatic rings. The number of aliphatic hydroxyl groups excluding tert-OH is 1. The fourth-order valence-electron chi connectivity index (χ4n) is 1.22. The number of benzene rings is 1. The van der Waals surface area contributed by atoms with Gasteiger partial charge in [0.05, 0.1) is 11.1 Å². The molecule has 0 bridgehead atoms. The molecule has 0 aromatic heterocycles. The molecule has 1 rings (SSSR count). The van der Waals surface area contributed by atoms with E-state index in [1.54, 1.807) is 0 Å². The Morgan fingerprint density at radius 3 is 2.79 bits per heavy atom. The van der Waals surface area contributed by atoms with Crippen LogP contribution >= 0.6 is 27.5 Å². The van der Waals surface area contributed by atoms with Crippen molar-refractivity contribution in [2.24, 2.45) is 0 Å². The molecule has 14 heavy (non-hydrogen) atoms. The lowest BCUT2D eigenvalue weighted by Crippen LogP contribution is -2.00. The van der Waals surface area contributed by atoms with Gasteiger partial charge in [0.2, 0.25) is 0 Å². The first kappa shape index (κ1) is 12.0. The van der Waals surface area contributed by atoms with Gasteiger partial charge in [0.25, 0.3) is 0 Å². The van der Waals surface area contributed by atoms with Gasteiger partial charge in [-0.2, -0.15) is 0 Å². The molecule has 0 heterocycles. The molecule has 1 nitrogen and oxygen atoms in total. The van der Waals surface area contributed by atoms with Crippen molar-refractivity contribution in [1.82, 2.24) is 0 Å². The first-order valence-corrected chi connectivity index (χ1v) is 5.55. The van der Waals surface area contributed by atoms with E-state index in [0.717, 1.165) is 6.42 Å². The fourth-order valence-corrected chi connectivity index (χ4v) is 1.71. The van der Waals surface area contributed by atoms with Crippen molar-refractivity contribution >= 4 is 27.5 Å². The highest BCUT2D eigenvalue weighted by Gasteiger charge is 2.14. The van der Waals surface area contributed by atoms with Crippen molar-refractivity contribution in [2.45, 2.75) is 25.9 Å². The monoisotopic (exact) mass is 280 g/mol. The predicted molar refractivity (Wildman–Crippen MR) is 59.0 cm³/mol. The Morgan fingerprint density at radius 1 is 1.57 bits per heavy atom. The minimum Gasteiger partial charge on any atom is -0.388 e. The van der Waals surface area contributed by atoms with E-state index in [1.165, 1.54) is 12.1 Å². The molecular formula is C10H11BrClFO. The third-order valence-corrected chi connectivity index (χ3v) is 3.16. The van der Waals surface area contributed by atoms with Gasteiger partial charge in [0.15, 0.2) is 0 Å². The highest BCUT2D eigenvalue weighted by atomic mass is 79.9. The molecule has 1 N–H and O–H groups in total. The van der Waals surface area contributed by atoms with Crippen molar-refractivity contribution in [2.75, 3.05) is 0 Å². The fraction of sp³-hybridized carbons (Fsp3) is 0.400. The van der Waals surface area contributed by atoms with Crippen LogP contribution in [0.15, 0.2) is 16.6 Å². The van der Waals surface area contributed by atoms with Crippen molar-refractivity contribution < 1.29 is 9.50 Å². The average molecular weight is 282 g/mol. The Hall–Kier alpha value is -0.120. The molecule has 1 aromatic carbocycles. The molecule has 0 spiro atoms. The molecule has 0 amide bonds. The maximum absolute atomic E-state index is 13.4. The van der Waals surface area contributed by atoms with Gasteiger partial charge in [0, 0.05) is 10.0 Å². The van der Waals surface area contributed by atoms with Crippen LogP contribution in [-0.4, -0.2) is 5.11 Å². The van der Waals surface area contributed by atoms with E-state index < -0.39 is 11.9 Å². The largest absolute Gasteiger partial charge is 0.388 e. The van der Waals surface area contributed by atoms with Gasteiger partial charge in [-0.3, -0.25) is 0 Å². The lowest BCUT2D eigenvalue weighted by molar-refractivity contribution is 0.162. The first-order chi connectivity index (χ1) is 6.56. The average Bonchev–Trinajstić information content (AvgIpc) is 2.11. The molecule has 1 atom stereocenters. The van der Waals surface area contributed by atoms with E-state index in [4.69, 9.17) is 11.6 Å². The van der Waals surface area contributed by atoms with E-state index in [1.807, 2.05) is 6.92 Å². The Labute approximate surface area is 96.0 Å². The van der Waals surface area contributed by atoms with Crippen LogP contribution in [0.2, 0.25) is 5.02 Å². The second-order valence-electron chi connectivity index (χ2n) is 3.09. The highest BCUT2D eigenvalue weighted by molar-refractivity contribution is 9.10. The summed E-state index contributed by atoms with van der Waals surface area (Å²) in [5, 5.41) is 10.0. The molecule has 4 heteroatoms. The standard InChI is InChI=1S/C10H11BrClFO/c1-2-3-10(14)6-4-8(12)7(11)5-9(6)13/h4-5,10,14H,2-3H2,1H3. The van der Waals surface area contributed by atoms with E-state index >= 15 is 0 Å².